The summed E-state index contributed by atoms with van der Waals surface area (Å²) in [6, 6.07) is 7.42. The summed E-state index contributed by atoms with van der Waals surface area (Å²) in [6.07, 6.45) is 2.58. The molecule has 0 unspecified atom stereocenters. The largest absolute Gasteiger partial charge is 0.369 e. The predicted octanol–water partition coefficient (Wildman–Crippen LogP) is 2.63. The van der Waals surface area contributed by atoms with E-state index in [1.54, 1.807) is 13.0 Å². The summed E-state index contributed by atoms with van der Waals surface area (Å²) in [5.41, 5.74) is 1.03. The zero-order valence-corrected chi connectivity index (χ0v) is 17.4. The van der Waals surface area contributed by atoms with E-state index in [0.29, 0.717) is 4.90 Å². The molecule has 0 amide bonds. The number of piperidine rings is 1. The van der Waals surface area contributed by atoms with E-state index in [-0.39, 0.29) is 5.75 Å². The van der Waals surface area contributed by atoms with Crippen LogP contribution in [0.25, 0.3) is 0 Å². The molecule has 1 aromatic carbocycles. The van der Waals surface area contributed by atoms with Crippen molar-refractivity contribution < 1.29 is 8.42 Å². The third-order valence-electron chi connectivity index (χ3n) is 5.27. The van der Waals surface area contributed by atoms with E-state index in [2.05, 4.69) is 15.1 Å². The summed E-state index contributed by atoms with van der Waals surface area (Å²) in [4.78, 5) is 5.33. The summed E-state index contributed by atoms with van der Waals surface area (Å²) >= 11 is 0. The van der Waals surface area contributed by atoms with Crippen LogP contribution in [0.4, 0.5) is 5.69 Å². The van der Waals surface area contributed by atoms with Gasteiger partial charge in [0.15, 0.2) is 9.84 Å². The number of nitrogens with zero attached hydrogens (tertiary/aromatic N) is 2. The number of hydrogen-bond acceptors (Lipinski definition) is 5. The molecule has 2 heterocycles. The zero-order valence-electron chi connectivity index (χ0n) is 16.6. The van der Waals surface area contributed by atoms with Gasteiger partial charge in [-0.25, -0.2) is 8.42 Å². The average molecular weight is 382 g/mol. The van der Waals surface area contributed by atoms with E-state index in [1.165, 1.54) is 19.4 Å². The number of rotatable bonds is 5. The maximum atomic E-state index is 12.1. The highest BCUT2D eigenvalue weighted by atomic mass is 32.2. The fraction of sp³-hybridized carbons (Fsp3) is 0.700. The summed E-state index contributed by atoms with van der Waals surface area (Å²) in [7, 11) is -3.13. The highest BCUT2D eigenvalue weighted by molar-refractivity contribution is 7.91. The molecule has 0 bridgehead atoms. The van der Waals surface area contributed by atoms with Crippen molar-refractivity contribution in [2.24, 2.45) is 5.92 Å². The Hall–Kier alpha value is -1.11. The molecule has 2 saturated heterocycles. The number of nitrogens with one attached hydrogen (secondary N) is 1. The number of piperazine rings is 1. The Morgan fingerprint density at radius 1 is 1.08 bits per heavy atom. The Bertz CT molecular complexity index is 634. The van der Waals surface area contributed by atoms with Crippen LogP contribution in [-0.2, 0) is 9.84 Å². The molecular weight excluding hydrogens is 346 g/mol. The van der Waals surface area contributed by atoms with E-state index in [1.807, 2.05) is 32.0 Å². The van der Waals surface area contributed by atoms with Gasteiger partial charge in [-0.1, -0.05) is 26.8 Å². The molecule has 148 valence electrons. The van der Waals surface area contributed by atoms with Crippen molar-refractivity contribution in [1.82, 2.24) is 10.2 Å². The first-order chi connectivity index (χ1) is 12.6. The summed E-state index contributed by atoms with van der Waals surface area (Å²) in [5, 5.41) is 3.43. The van der Waals surface area contributed by atoms with Crippen LogP contribution in [0.1, 0.15) is 33.6 Å². The highest BCUT2D eigenvalue weighted by Gasteiger charge is 2.22. The Morgan fingerprint density at radius 2 is 1.73 bits per heavy atom. The van der Waals surface area contributed by atoms with E-state index < -0.39 is 9.84 Å². The lowest BCUT2D eigenvalue weighted by molar-refractivity contribution is 0.196. The molecule has 2 aliphatic rings. The number of hydrogen-bond donors (Lipinski definition) is 1. The number of sulfone groups is 1. The molecule has 0 saturated carbocycles. The lowest BCUT2D eigenvalue weighted by atomic mass is 9.97. The van der Waals surface area contributed by atoms with Gasteiger partial charge in [-0.05, 0) is 50.0 Å². The van der Waals surface area contributed by atoms with Crippen molar-refractivity contribution in [1.29, 1.82) is 0 Å². The summed E-state index contributed by atoms with van der Waals surface area (Å²) < 4.78 is 24.2. The molecule has 6 heteroatoms. The van der Waals surface area contributed by atoms with Gasteiger partial charge in [0, 0.05) is 38.4 Å². The van der Waals surface area contributed by atoms with Crippen LogP contribution in [0, 0.1) is 5.92 Å². The third kappa shape index (κ3) is 5.69. The van der Waals surface area contributed by atoms with Gasteiger partial charge in [0.2, 0.25) is 0 Å². The first kappa shape index (κ1) is 21.2. The van der Waals surface area contributed by atoms with Crippen molar-refractivity contribution >= 4 is 15.5 Å². The molecule has 26 heavy (non-hydrogen) atoms. The van der Waals surface area contributed by atoms with Crippen molar-refractivity contribution in [3.63, 3.8) is 0 Å². The first-order valence-electron chi connectivity index (χ1n) is 10.1. The molecule has 2 fully saturated rings. The molecular formula is C20H35N3O2S. The molecule has 5 nitrogen and oxygen atoms in total. The minimum absolute atomic E-state index is 0.153. The van der Waals surface area contributed by atoms with Crippen LogP contribution < -0.4 is 10.2 Å². The Balaban J connectivity index is 0.00000117. The Morgan fingerprint density at radius 3 is 2.35 bits per heavy atom. The van der Waals surface area contributed by atoms with E-state index in [9.17, 15) is 8.42 Å². The van der Waals surface area contributed by atoms with Crippen molar-refractivity contribution in [3.8, 4) is 0 Å². The summed E-state index contributed by atoms with van der Waals surface area (Å²) in [6.45, 7) is 13.3. The van der Waals surface area contributed by atoms with Crippen molar-refractivity contribution in [3.05, 3.63) is 24.3 Å². The molecule has 1 N–H and O–H groups in total. The lowest BCUT2D eigenvalue weighted by Gasteiger charge is -2.38. The maximum Gasteiger partial charge on any atom is 0.178 e. The van der Waals surface area contributed by atoms with Crippen molar-refractivity contribution in [2.45, 2.75) is 38.5 Å². The first-order valence-corrected chi connectivity index (χ1v) is 11.7. The number of benzene rings is 1. The monoisotopic (exact) mass is 381 g/mol. The normalized spacial score (nSPS) is 19.7. The highest BCUT2D eigenvalue weighted by Crippen LogP contribution is 2.22. The van der Waals surface area contributed by atoms with E-state index >= 15 is 0 Å². The average Bonchev–Trinajstić information content (AvgIpc) is 2.71. The Kier molecular flexibility index (Phi) is 8.38. The predicted molar refractivity (Wildman–Crippen MR) is 110 cm³/mol. The van der Waals surface area contributed by atoms with E-state index in [0.717, 1.165) is 50.9 Å². The second-order valence-corrected chi connectivity index (χ2v) is 9.16. The molecule has 2 aliphatic heterocycles. The molecule has 0 spiro atoms. The smallest absolute Gasteiger partial charge is 0.178 e. The van der Waals surface area contributed by atoms with E-state index in [4.69, 9.17) is 0 Å². The second-order valence-electron chi connectivity index (χ2n) is 6.88. The van der Waals surface area contributed by atoms with Gasteiger partial charge in [-0.3, -0.25) is 4.90 Å². The van der Waals surface area contributed by atoms with Crippen LogP contribution in [0.15, 0.2) is 29.2 Å². The fourth-order valence-corrected chi connectivity index (χ4v) is 4.58. The van der Waals surface area contributed by atoms with Gasteiger partial charge in [-0.15, -0.1) is 0 Å². The topological polar surface area (TPSA) is 52.7 Å². The second kappa shape index (κ2) is 10.3. The van der Waals surface area contributed by atoms with Gasteiger partial charge < -0.3 is 10.2 Å². The SMILES string of the molecule is CC.CCS(=O)(=O)c1cccc(N2CCN(CC3CCNCC3)CC2)c1. The molecule has 3 rings (SSSR count). The van der Waals surface area contributed by atoms with Gasteiger partial charge in [0.05, 0.1) is 10.6 Å². The van der Waals surface area contributed by atoms with Crippen LogP contribution in [-0.4, -0.2) is 64.9 Å². The zero-order chi connectivity index (χ0) is 19.0. The fourth-order valence-electron chi connectivity index (χ4n) is 3.66. The summed E-state index contributed by atoms with van der Waals surface area (Å²) in [5.74, 6) is 0.983. The molecule has 1 aromatic rings. The van der Waals surface area contributed by atoms with Gasteiger partial charge in [-0.2, -0.15) is 0 Å². The maximum absolute atomic E-state index is 12.1. The van der Waals surface area contributed by atoms with Crippen molar-refractivity contribution in [2.75, 3.05) is 56.5 Å². The Labute approximate surface area is 159 Å². The molecule has 0 atom stereocenters. The molecule has 0 aliphatic carbocycles. The van der Waals surface area contributed by atoms with Gasteiger partial charge >= 0.3 is 0 Å². The number of anilines is 1. The minimum Gasteiger partial charge on any atom is -0.369 e. The van der Waals surface area contributed by atoms with Gasteiger partial charge in [0.1, 0.15) is 0 Å². The van der Waals surface area contributed by atoms with Crippen LogP contribution in [0.3, 0.4) is 0 Å². The van der Waals surface area contributed by atoms with Crippen LogP contribution in [0.5, 0.6) is 0 Å². The standard InChI is InChI=1S/C18H29N3O2S.C2H6/c1-2-24(22,23)18-5-3-4-17(14-18)21-12-10-20(11-13-21)15-16-6-8-19-9-7-16;1-2/h3-5,14,16,19H,2,6-13,15H2,1H3;1-2H3. The van der Waals surface area contributed by atoms with Crippen LogP contribution in [0.2, 0.25) is 0 Å². The van der Waals surface area contributed by atoms with Crippen LogP contribution >= 0.6 is 0 Å². The minimum atomic E-state index is -3.13. The molecule has 0 radical (unpaired) electrons. The lowest BCUT2D eigenvalue weighted by Crippen LogP contribution is -2.48. The third-order valence-corrected chi connectivity index (χ3v) is 7.00. The van der Waals surface area contributed by atoms with Gasteiger partial charge in [0.25, 0.3) is 0 Å². The quantitative estimate of drug-likeness (QED) is 0.850. The molecule has 0 aromatic heterocycles.